The first-order valence-corrected chi connectivity index (χ1v) is 11.3. The molecule has 0 aliphatic carbocycles. The number of aryl methyl sites for hydroxylation is 1. The van der Waals surface area contributed by atoms with Crippen LogP contribution in [0.5, 0.6) is 5.88 Å². The van der Waals surface area contributed by atoms with Crippen molar-refractivity contribution in [1.82, 2.24) is 19.1 Å². The van der Waals surface area contributed by atoms with E-state index in [9.17, 15) is 4.79 Å². The van der Waals surface area contributed by atoms with Crippen molar-refractivity contribution >= 4 is 21.9 Å². The van der Waals surface area contributed by atoms with Gasteiger partial charge in [0.25, 0.3) is 0 Å². The standard InChI is InChI=1S/C25H28N4O3/c1-3-4-12-32-23-10-8-18(14-27-23)17-7-9-21-20(13-17)24-22(15-26-21)28(2)25(30)29(24)19-6-5-11-31-16-19/h7-10,13-15,19H,3-6,11-12,16H2,1-2H3. The maximum atomic E-state index is 13.2. The highest BCUT2D eigenvalue weighted by Crippen LogP contribution is 2.31. The largest absolute Gasteiger partial charge is 0.478 e. The van der Waals surface area contributed by atoms with Gasteiger partial charge in [-0.05, 0) is 43.0 Å². The van der Waals surface area contributed by atoms with Gasteiger partial charge in [0.15, 0.2) is 0 Å². The van der Waals surface area contributed by atoms with E-state index in [1.165, 1.54) is 0 Å². The number of benzene rings is 1. The lowest BCUT2D eigenvalue weighted by Crippen LogP contribution is -2.31. The van der Waals surface area contributed by atoms with Crippen molar-refractivity contribution < 1.29 is 9.47 Å². The number of imidazole rings is 1. The number of ether oxygens (including phenoxy) is 2. The highest BCUT2D eigenvalue weighted by Gasteiger charge is 2.23. The fourth-order valence-electron chi connectivity index (χ4n) is 4.43. The molecule has 4 aromatic rings. The molecule has 1 aliphatic heterocycles. The topological polar surface area (TPSA) is 71.2 Å². The molecule has 1 unspecified atom stereocenters. The Bertz CT molecular complexity index is 1300. The van der Waals surface area contributed by atoms with Crippen molar-refractivity contribution in [3.63, 3.8) is 0 Å². The summed E-state index contributed by atoms with van der Waals surface area (Å²) in [4.78, 5) is 22.2. The van der Waals surface area contributed by atoms with Gasteiger partial charge in [-0.3, -0.25) is 14.1 Å². The van der Waals surface area contributed by atoms with Gasteiger partial charge in [-0.1, -0.05) is 19.4 Å². The first-order chi connectivity index (χ1) is 15.7. The molecule has 4 heterocycles. The second-order valence-corrected chi connectivity index (χ2v) is 8.39. The van der Waals surface area contributed by atoms with E-state index in [2.05, 4.69) is 23.0 Å². The molecule has 1 fully saturated rings. The Hall–Kier alpha value is -3.19. The van der Waals surface area contributed by atoms with E-state index in [1.54, 1.807) is 10.8 Å². The smallest absolute Gasteiger partial charge is 0.329 e. The Labute approximate surface area is 186 Å². The number of unbranched alkanes of at least 4 members (excludes halogenated alkanes) is 1. The molecule has 5 rings (SSSR count). The molecule has 1 aliphatic rings. The Morgan fingerprint density at radius 1 is 1.16 bits per heavy atom. The van der Waals surface area contributed by atoms with Crippen LogP contribution >= 0.6 is 0 Å². The molecule has 0 amide bonds. The lowest BCUT2D eigenvalue weighted by Gasteiger charge is -2.23. The molecule has 7 heteroatoms. The van der Waals surface area contributed by atoms with Gasteiger partial charge >= 0.3 is 5.69 Å². The van der Waals surface area contributed by atoms with E-state index in [4.69, 9.17) is 9.47 Å². The van der Waals surface area contributed by atoms with Crippen molar-refractivity contribution in [2.75, 3.05) is 19.8 Å². The predicted molar refractivity (Wildman–Crippen MR) is 125 cm³/mol. The van der Waals surface area contributed by atoms with Crippen molar-refractivity contribution in [3.05, 3.63) is 53.2 Å². The molecule has 0 bridgehead atoms. The molecule has 0 N–H and O–H groups in total. The average molecular weight is 433 g/mol. The molecule has 32 heavy (non-hydrogen) atoms. The van der Waals surface area contributed by atoms with Gasteiger partial charge in [0, 0.05) is 36.9 Å². The molecule has 0 radical (unpaired) electrons. The minimum atomic E-state index is -0.0227. The van der Waals surface area contributed by atoms with Crippen LogP contribution < -0.4 is 10.4 Å². The van der Waals surface area contributed by atoms with E-state index >= 15 is 0 Å². The average Bonchev–Trinajstić information content (AvgIpc) is 3.10. The van der Waals surface area contributed by atoms with Crippen LogP contribution in [0.25, 0.3) is 33.1 Å². The van der Waals surface area contributed by atoms with Crippen LogP contribution in [0.15, 0.2) is 47.5 Å². The van der Waals surface area contributed by atoms with Gasteiger partial charge in [-0.15, -0.1) is 0 Å². The number of rotatable bonds is 6. The fraction of sp³-hybridized carbons (Fsp3) is 0.400. The third-order valence-corrected chi connectivity index (χ3v) is 6.23. The summed E-state index contributed by atoms with van der Waals surface area (Å²) in [6.45, 7) is 4.14. The summed E-state index contributed by atoms with van der Waals surface area (Å²) in [5.74, 6) is 0.640. The third kappa shape index (κ3) is 3.66. The van der Waals surface area contributed by atoms with Crippen LogP contribution in [0.2, 0.25) is 0 Å². The lowest BCUT2D eigenvalue weighted by molar-refractivity contribution is 0.0593. The summed E-state index contributed by atoms with van der Waals surface area (Å²) in [7, 11) is 1.81. The van der Waals surface area contributed by atoms with Gasteiger partial charge in [0.2, 0.25) is 5.88 Å². The Morgan fingerprint density at radius 2 is 2.03 bits per heavy atom. The number of fused-ring (bicyclic) bond motifs is 3. The second-order valence-electron chi connectivity index (χ2n) is 8.39. The van der Waals surface area contributed by atoms with Gasteiger partial charge in [0.05, 0.1) is 42.0 Å². The summed E-state index contributed by atoms with van der Waals surface area (Å²) in [5.41, 5.74) is 4.63. The van der Waals surface area contributed by atoms with E-state index in [0.717, 1.165) is 65.4 Å². The van der Waals surface area contributed by atoms with E-state index in [-0.39, 0.29) is 11.7 Å². The summed E-state index contributed by atoms with van der Waals surface area (Å²) >= 11 is 0. The molecule has 3 aromatic heterocycles. The zero-order valence-electron chi connectivity index (χ0n) is 18.6. The minimum Gasteiger partial charge on any atom is -0.478 e. The van der Waals surface area contributed by atoms with Crippen LogP contribution in [0.1, 0.15) is 38.6 Å². The highest BCUT2D eigenvalue weighted by atomic mass is 16.5. The zero-order valence-corrected chi connectivity index (χ0v) is 18.6. The molecule has 166 valence electrons. The molecular weight excluding hydrogens is 404 g/mol. The number of hydrogen-bond donors (Lipinski definition) is 0. The Balaban J connectivity index is 1.60. The number of hydrogen-bond acceptors (Lipinski definition) is 5. The van der Waals surface area contributed by atoms with Gasteiger partial charge in [-0.25, -0.2) is 9.78 Å². The Kier molecular flexibility index (Phi) is 5.66. The fourth-order valence-corrected chi connectivity index (χ4v) is 4.43. The number of nitrogens with zero attached hydrogens (tertiary/aromatic N) is 4. The van der Waals surface area contributed by atoms with Crippen molar-refractivity contribution in [3.8, 4) is 17.0 Å². The molecule has 7 nitrogen and oxygen atoms in total. The molecule has 1 saturated heterocycles. The van der Waals surface area contributed by atoms with E-state index < -0.39 is 0 Å². The summed E-state index contributed by atoms with van der Waals surface area (Å²) < 4.78 is 15.0. The van der Waals surface area contributed by atoms with Gasteiger partial charge < -0.3 is 9.47 Å². The zero-order chi connectivity index (χ0) is 22.1. The number of pyridine rings is 2. The molecule has 0 spiro atoms. The predicted octanol–water partition coefficient (Wildman–Crippen LogP) is 4.48. The monoisotopic (exact) mass is 432 g/mol. The van der Waals surface area contributed by atoms with Crippen molar-refractivity contribution in [1.29, 1.82) is 0 Å². The quantitative estimate of drug-likeness (QED) is 0.420. The molecular formula is C25H28N4O3. The van der Waals surface area contributed by atoms with E-state index in [0.29, 0.717) is 19.1 Å². The maximum Gasteiger partial charge on any atom is 0.329 e. The summed E-state index contributed by atoms with van der Waals surface area (Å²) in [6.07, 6.45) is 7.63. The maximum absolute atomic E-state index is 13.2. The highest BCUT2D eigenvalue weighted by molar-refractivity contribution is 6.04. The summed E-state index contributed by atoms with van der Waals surface area (Å²) in [5, 5.41) is 0.964. The first kappa shape index (κ1) is 20.7. The normalized spacial score (nSPS) is 16.6. The van der Waals surface area contributed by atoms with E-state index in [1.807, 2.05) is 42.1 Å². The Morgan fingerprint density at radius 3 is 2.78 bits per heavy atom. The van der Waals surface area contributed by atoms with Crippen LogP contribution in [0, 0.1) is 0 Å². The van der Waals surface area contributed by atoms with Crippen LogP contribution in [-0.2, 0) is 11.8 Å². The minimum absolute atomic E-state index is 0.0227. The van der Waals surface area contributed by atoms with Crippen LogP contribution in [0.3, 0.4) is 0 Å². The van der Waals surface area contributed by atoms with Crippen LogP contribution in [-0.4, -0.2) is 38.9 Å². The number of aromatic nitrogens is 4. The molecule has 1 atom stereocenters. The van der Waals surface area contributed by atoms with Crippen molar-refractivity contribution in [2.24, 2.45) is 7.05 Å². The lowest BCUT2D eigenvalue weighted by atomic mass is 10.0. The molecule has 1 aromatic carbocycles. The van der Waals surface area contributed by atoms with Crippen LogP contribution in [0.4, 0.5) is 0 Å². The summed E-state index contributed by atoms with van der Waals surface area (Å²) in [6, 6.07) is 10.1. The van der Waals surface area contributed by atoms with Gasteiger partial charge in [0.1, 0.15) is 0 Å². The molecule has 0 saturated carbocycles. The first-order valence-electron chi connectivity index (χ1n) is 11.3. The van der Waals surface area contributed by atoms with Gasteiger partial charge in [-0.2, -0.15) is 0 Å². The van der Waals surface area contributed by atoms with Crippen molar-refractivity contribution in [2.45, 2.75) is 38.6 Å². The SMILES string of the molecule is CCCCOc1ccc(-c2ccc3ncc4c(c3c2)n(C2CCCOC2)c(=O)n4C)cn1. The third-order valence-electron chi connectivity index (χ3n) is 6.23. The second kappa shape index (κ2) is 8.74.